The number of thiol groups is 1. The second-order valence-electron chi connectivity index (χ2n) is 4.13. The molecule has 0 aromatic heterocycles. The fraction of sp³-hybridized carbons (Fsp3) is 0.538. The van der Waals surface area contributed by atoms with Crippen molar-refractivity contribution in [2.45, 2.75) is 37.5 Å². The van der Waals surface area contributed by atoms with Gasteiger partial charge in [0.1, 0.15) is 0 Å². The molecule has 0 atom stereocenters. The van der Waals surface area contributed by atoms with Crippen molar-refractivity contribution >= 4 is 12.6 Å². The Kier molecular flexibility index (Phi) is 3.99. The van der Waals surface area contributed by atoms with Gasteiger partial charge in [-0.05, 0) is 31.7 Å². The summed E-state index contributed by atoms with van der Waals surface area (Å²) in [5, 5.41) is 0. The molecule has 0 radical (unpaired) electrons. The van der Waals surface area contributed by atoms with Crippen LogP contribution in [0.1, 0.15) is 31.2 Å². The molecule has 1 aliphatic carbocycles. The van der Waals surface area contributed by atoms with E-state index >= 15 is 0 Å². The zero-order chi connectivity index (χ0) is 11.4. The molecular weight excluding hydrogens is 220 g/mol. The highest BCUT2D eigenvalue weighted by atomic mass is 32.1. The molecule has 0 N–H and O–H groups in total. The topological polar surface area (TPSA) is 18.5 Å². The van der Waals surface area contributed by atoms with E-state index in [1.54, 1.807) is 7.11 Å². The summed E-state index contributed by atoms with van der Waals surface area (Å²) in [5.41, 5.74) is 1.08. The summed E-state index contributed by atoms with van der Waals surface area (Å²) < 4.78 is 11.4. The lowest BCUT2D eigenvalue weighted by Crippen LogP contribution is -2.11. The van der Waals surface area contributed by atoms with E-state index in [0.717, 1.165) is 29.9 Å². The third kappa shape index (κ3) is 2.46. The van der Waals surface area contributed by atoms with Crippen LogP contribution in [-0.2, 0) is 5.75 Å². The Labute approximate surface area is 102 Å². The number of hydrogen-bond acceptors (Lipinski definition) is 3. The van der Waals surface area contributed by atoms with Crippen LogP contribution in [0.25, 0.3) is 0 Å². The Balaban J connectivity index is 2.18. The van der Waals surface area contributed by atoms with Gasteiger partial charge in [-0.1, -0.05) is 12.1 Å². The number of methoxy groups -OCH3 is 1. The smallest absolute Gasteiger partial charge is 0.164 e. The van der Waals surface area contributed by atoms with E-state index in [4.69, 9.17) is 9.47 Å². The van der Waals surface area contributed by atoms with Crippen LogP contribution in [0.3, 0.4) is 0 Å². The first-order valence-electron chi connectivity index (χ1n) is 5.78. The molecule has 16 heavy (non-hydrogen) atoms. The second-order valence-corrected chi connectivity index (χ2v) is 4.45. The average molecular weight is 238 g/mol. The first-order valence-corrected chi connectivity index (χ1v) is 6.41. The minimum absolute atomic E-state index is 0.365. The molecular formula is C13H18O2S. The van der Waals surface area contributed by atoms with E-state index in [1.807, 2.05) is 18.2 Å². The van der Waals surface area contributed by atoms with Gasteiger partial charge in [0.2, 0.25) is 0 Å². The molecule has 1 fully saturated rings. The number of ether oxygens (including phenoxy) is 2. The molecule has 88 valence electrons. The molecule has 1 aromatic rings. The van der Waals surface area contributed by atoms with Crippen LogP contribution in [0.2, 0.25) is 0 Å². The number of rotatable bonds is 4. The summed E-state index contributed by atoms with van der Waals surface area (Å²) in [6.45, 7) is 0. The predicted octanol–water partition coefficient (Wildman–Crippen LogP) is 3.45. The lowest BCUT2D eigenvalue weighted by atomic mass is 10.2. The van der Waals surface area contributed by atoms with Gasteiger partial charge >= 0.3 is 0 Å². The summed E-state index contributed by atoms with van der Waals surface area (Å²) in [7, 11) is 1.68. The van der Waals surface area contributed by atoms with Gasteiger partial charge in [-0.15, -0.1) is 0 Å². The van der Waals surface area contributed by atoms with Crippen LogP contribution in [0.5, 0.6) is 11.5 Å². The van der Waals surface area contributed by atoms with Crippen molar-refractivity contribution in [3.8, 4) is 11.5 Å². The van der Waals surface area contributed by atoms with Crippen LogP contribution in [0, 0.1) is 0 Å². The molecule has 0 heterocycles. The van der Waals surface area contributed by atoms with Gasteiger partial charge in [0, 0.05) is 11.3 Å². The summed E-state index contributed by atoms with van der Waals surface area (Å²) in [5.74, 6) is 2.37. The summed E-state index contributed by atoms with van der Waals surface area (Å²) in [6.07, 6.45) is 5.24. The number of para-hydroxylation sites is 1. The Hall–Kier alpha value is -0.830. The standard InChI is InChI=1S/C13H18O2S/c1-14-13-10(9-16)5-4-8-12(13)15-11-6-2-3-7-11/h4-5,8,11,16H,2-3,6-7,9H2,1H3. The SMILES string of the molecule is COc1c(CS)cccc1OC1CCCC1. The van der Waals surface area contributed by atoms with E-state index in [2.05, 4.69) is 12.6 Å². The van der Waals surface area contributed by atoms with E-state index in [-0.39, 0.29) is 0 Å². The highest BCUT2D eigenvalue weighted by Gasteiger charge is 2.19. The monoisotopic (exact) mass is 238 g/mol. The maximum absolute atomic E-state index is 5.98. The molecule has 2 rings (SSSR count). The van der Waals surface area contributed by atoms with Crippen molar-refractivity contribution in [2.24, 2.45) is 0 Å². The van der Waals surface area contributed by atoms with E-state index in [1.165, 1.54) is 12.8 Å². The molecule has 1 aromatic carbocycles. The fourth-order valence-corrected chi connectivity index (χ4v) is 2.45. The molecule has 0 unspecified atom stereocenters. The molecule has 2 nitrogen and oxygen atoms in total. The highest BCUT2D eigenvalue weighted by Crippen LogP contribution is 2.34. The summed E-state index contributed by atoms with van der Waals surface area (Å²) >= 11 is 4.29. The van der Waals surface area contributed by atoms with Crippen LogP contribution in [0.15, 0.2) is 18.2 Å². The zero-order valence-electron chi connectivity index (χ0n) is 9.61. The van der Waals surface area contributed by atoms with Gasteiger partial charge in [0.25, 0.3) is 0 Å². The third-order valence-corrected chi connectivity index (χ3v) is 3.37. The van der Waals surface area contributed by atoms with Gasteiger partial charge in [0.05, 0.1) is 13.2 Å². The van der Waals surface area contributed by atoms with Crippen molar-refractivity contribution in [2.75, 3.05) is 7.11 Å². The Morgan fingerprint density at radius 1 is 1.31 bits per heavy atom. The number of hydrogen-bond donors (Lipinski definition) is 1. The third-order valence-electron chi connectivity index (χ3n) is 3.03. The van der Waals surface area contributed by atoms with Crippen LogP contribution < -0.4 is 9.47 Å². The minimum Gasteiger partial charge on any atom is -0.493 e. The second kappa shape index (κ2) is 5.48. The molecule has 0 spiro atoms. The molecule has 0 amide bonds. The van der Waals surface area contributed by atoms with E-state index < -0.39 is 0 Å². The molecule has 0 bridgehead atoms. The minimum atomic E-state index is 0.365. The van der Waals surface area contributed by atoms with Crippen molar-refractivity contribution in [3.63, 3.8) is 0 Å². The van der Waals surface area contributed by atoms with Gasteiger partial charge in [-0.3, -0.25) is 0 Å². The number of benzene rings is 1. The largest absolute Gasteiger partial charge is 0.493 e. The van der Waals surface area contributed by atoms with Gasteiger partial charge in [-0.25, -0.2) is 0 Å². The van der Waals surface area contributed by atoms with Crippen LogP contribution in [-0.4, -0.2) is 13.2 Å². The van der Waals surface area contributed by atoms with Gasteiger partial charge in [-0.2, -0.15) is 12.6 Å². The van der Waals surface area contributed by atoms with Crippen molar-refractivity contribution in [1.82, 2.24) is 0 Å². The highest BCUT2D eigenvalue weighted by molar-refractivity contribution is 7.79. The molecule has 0 aliphatic heterocycles. The van der Waals surface area contributed by atoms with Crippen LogP contribution in [0.4, 0.5) is 0 Å². The van der Waals surface area contributed by atoms with Crippen molar-refractivity contribution in [3.05, 3.63) is 23.8 Å². The average Bonchev–Trinajstić information content (AvgIpc) is 2.81. The maximum atomic E-state index is 5.98. The summed E-state index contributed by atoms with van der Waals surface area (Å²) in [4.78, 5) is 0. The summed E-state index contributed by atoms with van der Waals surface area (Å²) in [6, 6.07) is 6.00. The quantitative estimate of drug-likeness (QED) is 0.810. The van der Waals surface area contributed by atoms with E-state index in [0.29, 0.717) is 11.9 Å². The Morgan fingerprint density at radius 3 is 2.69 bits per heavy atom. The zero-order valence-corrected chi connectivity index (χ0v) is 10.5. The predicted molar refractivity (Wildman–Crippen MR) is 68.6 cm³/mol. The molecule has 3 heteroatoms. The van der Waals surface area contributed by atoms with E-state index in [9.17, 15) is 0 Å². The maximum Gasteiger partial charge on any atom is 0.164 e. The van der Waals surface area contributed by atoms with Crippen molar-refractivity contribution < 1.29 is 9.47 Å². The molecule has 1 saturated carbocycles. The first kappa shape index (κ1) is 11.6. The lowest BCUT2D eigenvalue weighted by molar-refractivity contribution is 0.200. The molecule has 1 aliphatic rings. The normalized spacial score (nSPS) is 16.4. The Morgan fingerprint density at radius 2 is 2.06 bits per heavy atom. The Bertz CT molecular complexity index is 346. The van der Waals surface area contributed by atoms with Crippen LogP contribution >= 0.6 is 12.6 Å². The van der Waals surface area contributed by atoms with Crippen molar-refractivity contribution in [1.29, 1.82) is 0 Å². The van der Waals surface area contributed by atoms with Gasteiger partial charge in [0.15, 0.2) is 11.5 Å². The first-order chi connectivity index (χ1) is 7.85. The van der Waals surface area contributed by atoms with Gasteiger partial charge < -0.3 is 9.47 Å². The molecule has 0 saturated heterocycles. The fourth-order valence-electron chi connectivity index (χ4n) is 2.20. The lowest BCUT2D eigenvalue weighted by Gasteiger charge is -2.17.